The highest BCUT2D eigenvalue weighted by Gasteiger charge is 2.19. The minimum absolute atomic E-state index is 0.968. The highest BCUT2D eigenvalue weighted by molar-refractivity contribution is 8.02. The van der Waals surface area contributed by atoms with Crippen molar-refractivity contribution in [2.75, 3.05) is 5.75 Å². The Balaban J connectivity index is 2.42. The average Bonchev–Trinajstić information content (AvgIpc) is 2.67. The zero-order valence-electron chi connectivity index (χ0n) is 10.6. The Morgan fingerprint density at radius 3 is 3.12 bits per heavy atom. The van der Waals surface area contributed by atoms with E-state index in [1.807, 2.05) is 0 Å². The summed E-state index contributed by atoms with van der Waals surface area (Å²) in [6, 6.07) is 0. The van der Waals surface area contributed by atoms with Crippen LogP contribution in [0.25, 0.3) is 5.70 Å². The predicted molar refractivity (Wildman–Crippen MR) is 75.6 cm³/mol. The van der Waals surface area contributed by atoms with Crippen LogP contribution in [0, 0.1) is 6.92 Å². The number of nitrogens with zero attached hydrogens (tertiary/aromatic N) is 3. The van der Waals surface area contributed by atoms with Crippen LogP contribution in [-0.2, 0) is 13.0 Å². The summed E-state index contributed by atoms with van der Waals surface area (Å²) in [5.41, 5.74) is 3.21. The third-order valence-electron chi connectivity index (χ3n) is 3.03. The second-order valence-corrected chi connectivity index (χ2v) is 5.33. The molecule has 1 aliphatic heterocycles. The van der Waals surface area contributed by atoms with E-state index in [-0.39, 0.29) is 0 Å². The fourth-order valence-corrected chi connectivity index (χ4v) is 2.78. The number of aryl methyl sites for hydroxylation is 2. The van der Waals surface area contributed by atoms with Crippen LogP contribution in [0.3, 0.4) is 0 Å². The molecule has 1 aromatic rings. The van der Waals surface area contributed by atoms with Gasteiger partial charge in [-0.2, -0.15) is 0 Å². The maximum atomic E-state index is 4.65. The van der Waals surface area contributed by atoms with Crippen molar-refractivity contribution < 1.29 is 0 Å². The topological polar surface area (TPSA) is 30.2 Å². The predicted octanol–water partition coefficient (Wildman–Crippen LogP) is 3.28. The number of hydrogen-bond acceptors (Lipinski definition) is 3. The fourth-order valence-electron chi connectivity index (χ4n) is 2.27. The lowest BCUT2D eigenvalue weighted by atomic mass is 10.1. The van der Waals surface area contributed by atoms with Gasteiger partial charge in [0.2, 0.25) is 0 Å². The van der Waals surface area contributed by atoms with E-state index in [9.17, 15) is 0 Å². The first-order chi connectivity index (χ1) is 8.27. The number of aliphatic imine (C=N–C) groups is 1. The number of aromatic nitrogens is 2. The number of hydrogen-bond donors (Lipinski definition) is 0. The number of thioether (sulfide) groups is 1. The lowest BCUT2D eigenvalue weighted by molar-refractivity contribution is 0.519. The standard InChI is InChI=1S/C13H19N3S/c1-4-17-9-11(14-3)13-10(2)15-12-7-5-6-8-16(12)13/h9H,3-8H2,1-2H3/b11-9-. The quantitative estimate of drug-likeness (QED) is 0.767. The molecule has 0 aromatic carbocycles. The van der Waals surface area contributed by atoms with E-state index in [1.54, 1.807) is 11.8 Å². The van der Waals surface area contributed by atoms with Gasteiger partial charge in [-0.3, -0.25) is 4.99 Å². The van der Waals surface area contributed by atoms with Crippen LogP contribution in [0.2, 0.25) is 0 Å². The summed E-state index contributed by atoms with van der Waals surface area (Å²) < 4.78 is 2.32. The number of imidazole rings is 1. The van der Waals surface area contributed by atoms with Crippen molar-refractivity contribution in [3.8, 4) is 0 Å². The first-order valence-electron chi connectivity index (χ1n) is 6.12. The Bertz CT molecular complexity index is 446. The maximum absolute atomic E-state index is 4.65. The van der Waals surface area contributed by atoms with Crippen molar-refractivity contribution in [1.82, 2.24) is 9.55 Å². The lowest BCUT2D eigenvalue weighted by Crippen LogP contribution is -2.12. The van der Waals surface area contributed by atoms with Crippen LogP contribution in [0.15, 0.2) is 10.4 Å². The molecule has 1 aliphatic rings. The first-order valence-corrected chi connectivity index (χ1v) is 7.17. The molecule has 92 valence electrons. The molecule has 0 unspecified atom stereocenters. The van der Waals surface area contributed by atoms with E-state index >= 15 is 0 Å². The highest BCUT2D eigenvalue weighted by Crippen LogP contribution is 2.27. The van der Waals surface area contributed by atoms with Crippen LogP contribution in [0.4, 0.5) is 0 Å². The molecule has 0 bridgehead atoms. The van der Waals surface area contributed by atoms with Gasteiger partial charge in [0.15, 0.2) is 0 Å². The molecule has 0 N–H and O–H groups in total. The third kappa shape index (κ3) is 2.46. The molecule has 0 spiro atoms. The summed E-state index contributed by atoms with van der Waals surface area (Å²) in [6.45, 7) is 8.96. The fraction of sp³-hybridized carbons (Fsp3) is 0.538. The molecule has 17 heavy (non-hydrogen) atoms. The van der Waals surface area contributed by atoms with Gasteiger partial charge in [0.1, 0.15) is 5.82 Å². The van der Waals surface area contributed by atoms with Crippen molar-refractivity contribution in [2.24, 2.45) is 4.99 Å². The van der Waals surface area contributed by atoms with Gasteiger partial charge in [-0.15, -0.1) is 11.8 Å². The maximum Gasteiger partial charge on any atom is 0.109 e. The van der Waals surface area contributed by atoms with Gasteiger partial charge in [-0.1, -0.05) is 6.92 Å². The Kier molecular flexibility index (Phi) is 4.05. The van der Waals surface area contributed by atoms with Crippen molar-refractivity contribution in [3.05, 3.63) is 22.6 Å². The summed E-state index contributed by atoms with van der Waals surface area (Å²) >= 11 is 1.76. The van der Waals surface area contributed by atoms with Crippen LogP contribution >= 0.6 is 11.8 Å². The molecule has 0 fully saturated rings. The first kappa shape index (κ1) is 12.4. The van der Waals surface area contributed by atoms with Gasteiger partial charge in [-0.05, 0) is 37.6 Å². The zero-order chi connectivity index (χ0) is 12.3. The monoisotopic (exact) mass is 249 g/mol. The van der Waals surface area contributed by atoms with Crippen molar-refractivity contribution in [2.45, 2.75) is 39.7 Å². The van der Waals surface area contributed by atoms with Crippen LogP contribution in [0.5, 0.6) is 0 Å². The van der Waals surface area contributed by atoms with Gasteiger partial charge >= 0.3 is 0 Å². The molecule has 0 atom stereocenters. The Hall–Kier alpha value is -1.03. The summed E-state index contributed by atoms with van der Waals surface area (Å²) in [5, 5.41) is 2.10. The molecule has 0 saturated carbocycles. The lowest BCUT2D eigenvalue weighted by Gasteiger charge is -2.16. The second-order valence-electron chi connectivity index (χ2n) is 4.19. The molecule has 0 aliphatic carbocycles. The van der Waals surface area contributed by atoms with E-state index < -0.39 is 0 Å². The number of fused-ring (bicyclic) bond motifs is 1. The molecular formula is C13H19N3S. The number of rotatable bonds is 4. The van der Waals surface area contributed by atoms with Crippen molar-refractivity contribution >= 4 is 24.2 Å². The minimum Gasteiger partial charge on any atom is -0.327 e. The Morgan fingerprint density at radius 2 is 2.41 bits per heavy atom. The second kappa shape index (κ2) is 5.54. The normalized spacial score (nSPS) is 15.8. The van der Waals surface area contributed by atoms with E-state index in [0.717, 1.165) is 35.8 Å². The summed E-state index contributed by atoms with van der Waals surface area (Å²) in [5.74, 6) is 2.26. The molecule has 0 amide bonds. The summed E-state index contributed by atoms with van der Waals surface area (Å²) in [6.07, 6.45) is 3.58. The highest BCUT2D eigenvalue weighted by atomic mass is 32.2. The average molecular weight is 249 g/mol. The summed E-state index contributed by atoms with van der Waals surface area (Å²) in [4.78, 5) is 8.82. The van der Waals surface area contributed by atoms with E-state index in [1.165, 1.54) is 18.7 Å². The molecule has 1 aromatic heterocycles. The van der Waals surface area contributed by atoms with E-state index in [0.29, 0.717) is 0 Å². The molecular weight excluding hydrogens is 230 g/mol. The van der Waals surface area contributed by atoms with Gasteiger partial charge in [0.05, 0.1) is 17.1 Å². The third-order valence-corrected chi connectivity index (χ3v) is 3.75. The van der Waals surface area contributed by atoms with Gasteiger partial charge in [0, 0.05) is 13.0 Å². The van der Waals surface area contributed by atoms with E-state index in [4.69, 9.17) is 0 Å². The molecule has 0 radical (unpaired) electrons. The van der Waals surface area contributed by atoms with Crippen LogP contribution < -0.4 is 0 Å². The van der Waals surface area contributed by atoms with Gasteiger partial charge in [0.25, 0.3) is 0 Å². The zero-order valence-corrected chi connectivity index (χ0v) is 11.4. The molecule has 4 heteroatoms. The smallest absolute Gasteiger partial charge is 0.109 e. The molecule has 3 nitrogen and oxygen atoms in total. The molecule has 0 saturated heterocycles. The van der Waals surface area contributed by atoms with Crippen LogP contribution in [-0.4, -0.2) is 22.0 Å². The minimum atomic E-state index is 0.968. The van der Waals surface area contributed by atoms with Crippen molar-refractivity contribution in [1.29, 1.82) is 0 Å². The SMILES string of the molecule is C=N/C(=C\SCC)c1c(C)nc2n1CCCC2. The Morgan fingerprint density at radius 1 is 1.59 bits per heavy atom. The van der Waals surface area contributed by atoms with E-state index in [2.05, 4.69) is 40.5 Å². The molecule has 2 rings (SSSR count). The summed E-state index contributed by atoms with van der Waals surface area (Å²) in [7, 11) is 0. The van der Waals surface area contributed by atoms with Crippen LogP contribution in [0.1, 0.15) is 37.0 Å². The van der Waals surface area contributed by atoms with Gasteiger partial charge in [-0.25, -0.2) is 4.98 Å². The molecule has 2 heterocycles. The van der Waals surface area contributed by atoms with Gasteiger partial charge < -0.3 is 4.57 Å². The Labute approximate surface area is 107 Å². The van der Waals surface area contributed by atoms with Crippen molar-refractivity contribution in [3.63, 3.8) is 0 Å². The largest absolute Gasteiger partial charge is 0.327 e.